The molecular weight excluding hydrogens is 310 g/mol. The third kappa shape index (κ3) is 2.96. The lowest BCUT2D eigenvalue weighted by molar-refractivity contribution is 0.898. The molecule has 0 N–H and O–H groups in total. The van der Waals surface area contributed by atoms with Gasteiger partial charge in [0.1, 0.15) is 5.82 Å². The molecule has 0 spiro atoms. The molecular formula is C20H19N5. The Hall–Kier alpha value is -3.21. The van der Waals surface area contributed by atoms with Crippen LogP contribution in [0, 0.1) is 13.8 Å². The van der Waals surface area contributed by atoms with Gasteiger partial charge in [-0.3, -0.25) is 4.40 Å². The lowest BCUT2D eigenvalue weighted by Gasteiger charge is -1.98. The lowest BCUT2D eigenvalue weighted by atomic mass is 10.2. The molecule has 5 heteroatoms. The van der Waals surface area contributed by atoms with Crippen LogP contribution in [-0.4, -0.2) is 23.9 Å². The summed E-state index contributed by atoms with van der Waals surface area (Å²) >= 11 is 0. The van der Waals surface area contributed by atoms with Crippen LogP contribution in [0.2, 0.25) is 0 Å². The van der Waals surface area contributed by atoms with Gasteiger partial charge in [-0.05, 0) is 32.1 Å². The van der Waals surface area contributed by atoms with E-state index >= 15 is 0 Å². The van der Waals surface area contributed by atoms with E-state index in [1.165, 1.54) is 0 Å². The maximum absolute atomic E-state index is 4.71. The predicted octanol–water partition coefficient (Wildman–Crippen LogP) is 3.92. The highest BCUT2D eigenvalue weighted by Gasteiger charge is 2.06. The Balaban J connectivity index is 1.66. The fourth-order valence-electron chi connectivity index (χ4n) is 2.91. The highest BCUT2D eigenvalue weighted by atomic mass is 15.1. The first kappa shape index (κ1) is 15.3. The number of hydrogen-bond donors (Lipinski definition) is 0. The number of hydrogen-bond acceptors (Lipinski definition) is 3. The Morgan fingerprint density at radius 3 is 2.52 bits per heavy atom. The molecule has 25 heavy (non-hydrogen) atoms. The largest absolute Gasteiger partial charge is 0.334 e. The van der Waals surface area contributed by atoms with Gasteiger partial charge in [-0.15, -0.1) is 0 Å². The lowest BCUT2D eigenvalue weighted by Crippen LogP contribution is -1.94. The molecule has 0 aliphatic heterocycles. The van der Waals surface area contributed by atoms with Crippen molar-refractivity contribution in [2.45, 2.75) is 13.8 Å². The van der Waals surface area contributed by atoms with Crippen LogP contribution >= 0.6 is 0 Å². The number of benzene rings is 1. The Bertz CT molecular complexity index is 1070. The highest BCUT2D eigenvalue weighted by molar-refractivity contribution is 5.68. The summed E-state index contributed by atoms with van der Waals surface area (Å²) in [5, 5.41) is 0. The van der Waals surface area contributed by atoms with Crippen molar-refractivity contribution in [2.75, 3.05) is 0 Å². The molecule has 4 aromatic rings. The maximum atomic E-state index is 4.71. The summed E-state index contributed by atoms with van der Waals surface area (Å²) in [6.07, 6.45) is 7.99. The number of aryl methyl sites for hydroxylation is 3. The van der Waals surface area contributed by atoms with E-state index in [-0.39, 0.29) is 0 Å². The molecule has 0 saturated carbocycles. The molecule has 0 aliphatic carbocycles. The molecule has 124 valence electrons. The minimum atomic E-state index is 0.724. The molecule has 0 radical (unpaired) electrons. The Morgan fingerprint density at radius 1 is 0.920 bits per heavy atom. The molecule has 1 aromatic carbocycles. The van der Waals surface area contributed by atoms with Crippen molar-refractivity contribution in [1.82, 2.24) is 23.9 Å². The van der Waals surface area contributed by atoms with Crippen molar-refractivity contribution >= 4 is 17.9 Å². The minimum absolute atomic E-state index is 0.724. The van der Waals surface area contributed by atoms with Gasteiger partial charge in [-0.1, -0.05) is 30.3 Å². The highest BCUT2D eigenvalue weighted by Crippen LogP contribution is 2.19. The molecule has 0 fully saturated rings. The first-order valence-corrected chi connectivity index (χ1v) is 8.20. The second-order valence-corrected chi connectivity index (χ2v) is 6.17. The second kappa shape index (κ2) is 6.02. The van der Waals surface area contributed by atoms with Crippen LogP contribution < -0.4 is 0 Å². The first-order chi connectivity index (χ1) is 12.1. The number of fused-ring (bicyclic) bond motifs is 1. The molecule has 0 amide bonds. The summed E-state index contributed by atoms with van der Waals surface area (Å²) in [7, 11) is 2.00. The van der Waals surface area contributed by atoms with Crippen LogP contribution in [-0.2, 0) is 7.05 Å². The van der Waals surface area contributed by atoms with Gasteiger partial charge >= 0.3 is 0 Å². The molecule has 4 rings (SSSR count). The van der Waals surface area contributed by atoms with E-state index < -0.39 is 0 Å². The quantitative estimate of drug-likeness (QED) is 0.572. The van der Waals surface area contributed by atoms with Gasteiger partial charge in [-0.2, -0.15) is 0 Å². The number of nitrogens with zero attached hydrogens (tertiary/aromatic N) is 5. The average molecular weight is 329 g/mol. The maximum Gasteiger partial charge on any atom is 0.234 e. The molecule has 5 nitrogen and oxygen atoms in total. The van der Waals surface area contributed by atoms with Crippen LogP contribution in [0.5, 0.6) is 0 Å². The van der Waals surface area contributed by atoms with Gasteiger partial charge < -0.3 is 4.57 Å². The van der Waals surface area contributed by atoms with Crippen molar-refractivity contribution in [1.29, 1.82) is 0 Å². The Labute approximate surface area is 146 Å². The van der Waals surface area contributed by atoms with Crippen LogP contribution in [0.3, 0.4) is 0 Å². The van der Waals surface area contributed by atoms with E-state index in [0.717, 1.165) is 39.9 Å². The summed E-state index contributed by atoms with van der Waals surface area (Å²) in [5.74, 6) is 1.61. The van der Waals surface area contributed by atoms with Crippen molar-refractivity contribution in [3.63, 3.8) is 0 Å². The van der Waals surface area contributed by atoms with E-state index in [1.807, 2.05) is 71.8 Å². The van der Waals surface area contributed by atoms with Gasteiger partial charge in [0, 0.05) is 36.4 Å². The van der Waals surface area contributed by atoms with E-state index in [0.29, 0.717) is 0 Å². The zero-order chi connectivity index (χ0) is 17.4. The molecule has 0 aliphatic rings. The third-order valence-electron chi connectivity index (χ3n) is 4.17. The van der Waals surface area contributed by atoms with Crippen molar-refractivity contribution in [3.8, 4) is 11.3 Å². The first-order valence-electron chi connectivity index (χ1n) is 8.20. The van der Waals surface area contributed by atoms with Gasteiger partial charge in [-0.25, -0.2) is 15.0 Å². The SMILES string of the molecule is Cc1cc(C)n2cc(/C=C/c3nc(-c4ccccc4)cn3C)nc2n1. The molecule has 0 bridgehead atoms. The Kier molecular flexibility index (Phi) is 3.69. The molecule has 3 heterocycles. The van der Waals surface area contributed by atoms with Crippen LogP contribution in [0.1, 0.15) is 22.9 Å². The topological polar surface area (TPSA) is 48.0 Å². The van der Waals surface area contributed by atoms with Crippen LogP contribution in [0.25, 0.3) is 29.2 Å². The molecule has 0 atom stereocenters. The van der Waals surface area contributed by atoms with E-state index in [9.17, 15) is 0 Å². The number of imidazole rings is 2. The van der Waals surface area contributed by atoms with Gasteiger partial charge in [0.05, 0.1) is 11.4 Å². The standard InChI is InChI=1S/C20H19N5/c1-14-11-15(2)25-12-17(22-20(25)21-14)9-10-19-23-18(13-24(19)3)16-7-5-4-6-8-16/h4-13H,1-3H3/b10-9+. The zero-order valence-corrected chi connectivity index (χ0v) is 14.5. The number of rotatable bonds is 3. The summed E-state index contributed by atoms with van der Waals surface area (Å²) in [5.41, 5.74) is 5.04. The summed E-state index contributed by atoms with van der Waals surface area (Å²) in [6.45, 7) is 4.04. The molecule has 0 saturated heterocycles. The Morgan fingerprint density at radius 2 is 1.72 bits per heavy atom. The van der Waals surface area contributed by atoms with Crippen molar-refractivity contribution < 1.29 is 0 Å². The summed E-state index contributed by atoms with van der Waals surface area (Å²) < 4.78 is 4.02. The van der Waals surface area contributed by atoms with Crippen LogP contribution in [0.15, 0.2) is 48.8 Å². The number of aromatic nitrogens is 5. The zero-order valence-electron chi connectivity index (χ0n) is 14.5. The molecule has 0 unspecified atom stereocenters. The van der Waals surface area contributed by atoms with Crippen molar-refractivity contribution in [2.24, 2.45) is 7.05 Å². The van der Waals surface area contributed by atoms with E-state index in [2.05, 4.69) is 29.0 Å². The fourth-order valence-corrected chi connectivity index (χ4v) is 2.91. The summed E-state index contributed by atoms with van der Waals surface area (Å²) in [4.78, 5) is 13.7. The fraction of sp³-hybridized carbons (Fsp3) is 0.150. The second-order valence-electron chi connectivity index (χ2n) is 6.17. The monoisotopic (exact) mass is 329 g/mol. The molecule has 3 aromatic heterocycles. The van der Waals surface area contributed by atoms with Gasteiger partial charge in [0.25, 0.3) is 0 Å². The third-order valence-corrected chi connectivity index (χ3v) is 4.17. The minimum Gasteiger partial charge on any atom is -0.334 e. The average Bonchev–Trinajstić information content (AvgIpc) is 3.17. The predicted molar refractivity (Wildman–Crippen MR) is 100 cm³/mol. The normalized spacial score (nSPS) is 11.6. The van der Waals surface area contributed by atoms with Crippen molar-refractivity contribution in [3.05, 3.63) is 71.7 Å². The smallest absolute Gasteiger partial charge is 0.234 e. The summed E-state index contributed by atoms with van der Waals surface area (Å²) in [6, 6.07) is 12.2. The van der Waals surface area contributed by atoms with E-state index in [4.69, 9.17) is 4.98 Å². The van der Waals surface area contributed by atoms with Gasteiger partial charge in [0.2, 0.25) is 5.78 Å². The van der Waals surface area contributed by atoms with Crippen LogP contribution in [0.4, 0.5) is 0 Å². The van der Waals surface area contributed by atoms with Gasteiger partial charge in [0.15, 0.2) is 0 Å². The van der Waals surface area contributed by atoms with E-state index in [1.54, 1.807) is 0 Å².